The third kappa shape index (κ3) is 2.90. The van der Waals surface area contributed by atoms with E-state index >= 15 is 0 Å². The summed E-state index contributed by atoms with van der Waals surface area (Å²) in [5, 5.41) is 0.251. The number of halogens is 2. The van der Waals surface area contributed by atoms with Crippen LogP contribution in [0.4, 0.5) is 10.1 Å². The maximum absolute atomic E-state index is 13.4. The summed E-state index contributed by atoms with van der Waals surface area (Å²) in [6.07, 6.45) is 1.09. The highest BCUT2D eigenvalue weighted by Crippen LogP contribution is 2.33. The number of nitrogens with two attached hydrogens (primary N) is 1. The van der Waals surface area contributed by atoms with Gasteiger partial charge in [-0.2, -0.15) is 0 Å². The predicted octanol–water partition coefficient (Wildman–Crippen LogP) is 5.24. The first-order valence-corrected chi connectivity index (χ1v) is 6.75. The van der Waals surface area contributed by atoms with E-state index < -0.39 is 0 Å². The molecule has 0 saturated carbocycles. The second-order valence-corrected chi connectivity index (χ2v) is 5.19. The summed E-state index contributed by atoms with van der Waals surface area (Å²) in [4.78, 5) is 0. The first-order valence-electron chi connectivity index (χ1n) is 6.37. The molecule has 0 bridgehead atoms. The molecule has 0 aromatic heterocycles. The van der Waals surface area contributed by atoms with Crippen LogP contribution in [0.1, 0.15) is 31.7 Å². The number of rotatable bonds is 3. The normalized spacial score (nSPS) is 12.4. The van der Waals surface area contributed by atoms with E-state index in [-0.39, 0.29) is 10.8 Å². The Morgan fingerprint density at radius 2 is 1.84 bits per heavy atom. The number of anilines is 1. The Labute approximate surface area is 118 Å². The monoisotopic (exact) mass is 277 g/mol. The van der Waals surface area contributed by atoms with Gasteiger partial charge in [-0.15, -0.1) is 0 Å². The second-order valence-electron chi connectivity index (χ2n) is 4.78. The summed E-state index contributed by atoms with van der Waals surface area (Å²) in [7, 11) is 0. The molecule has 0 radical (unpaired) electrons. The number of hydrogen-bond donors (Lipinski definition) is 1. The molecule has 3 heteroatoms. The summed E-state index contributed by atoms with van der Waals surface area (Å²) < 4.78 is 13.4. The van der Waals surface area contributed by atoms with Crippen LogP contribution < -0.4 is 5.73 Å². The van der Waals surface area contributed by atoms with Gasteiger partial charge in [0, 0.05) is 5.56 Å². The van der Waals surface area contributed by atoms with Crippen molar-refractivity contribution in [2.45, 2.75) is 26.2 Å². The molecule has 1 atom stereocenters. The van der Waals surface area contributed by atoms with Crippen molar-refractivity contribution < 1.29 is 4.39 Å². The van der Waals surface area contributed by atoms with Gasteiger partial charge in [-0.25, -0.2) is 4.39 Å². The van der Waals surface area contributed by atoms with Crippen LogP contribution in [0.5, 0.6) is 0 Å². The zero-order valence-corrected chi connectivity index (χ0v) is 11.8. The summed E-state index contributed by atoms with van der Waals surface area (Å²) in [5.41, 5.74) is 9.12. The van der Waals surface area contributed by atoms with Gasteiger partial charge in [0.1, 0.15) is 5.82 Å². The van der Waals surface area contributed by atoms with Gasteiger partial charge in [-0.1, -0.05) is 49.7 Å². The van der Waals surface area contributed by atoms with Crippen molar-refractivity contribution in [3.05, 3.63) is 52.8 Å². The van der Waals surface area contributed by atoms with Crippen LogP contribution in [0.25, 0.3) is 11.1 Å². The Bertz CT molecular complexity index is 578. The molecule has 0 spiro atoms. The van der Waals surface area contributed by atoms with E-state index in [1.165, 1.54) is 17.7 Å². The molecule has 0 aliphatic rings. The van der Waals surface area contributed by atoms with Crippen molar-refractivity contribution in [1.82, 2.24) is 0 Å². The molecule has 0 fully saturated rings. The standard InChI is InChI=1S/C16H17ClFN/c1-3-10(2)11-4-6-12(7-5-11)14-8-13(18)9-15(17)16(14)19/h4-10H,3,19H2,1-2H3. The lowest BCUT2D eigenvalue weighted by atomic mass is 9.95. The average Bonchev–Trinajstić information content (AvgIpc) is 2.42. The Kier molecular flexibility index (Phi) is 4.11. The Balaban J connectivity index is 2.43. The summed E-state index contributed by atoms with van der Waals surface area (Å²) in [6, 6.07) is 10.7. The largest absolute Gasteiger partial charge is 0.397 e. The van der Waals surface area contributed by atoms with E-state index in [4.69, 9.17) is 17.3 Å². The maximum atomic E-state index is 13.4. The lowest BCUT2D eigenvalue weighted by Crippen LogP contribution is -1.94. The first-order chi connectivity index (χ1) is 9.02. The zero-order chi connectivity index (χ0) is 14.0. The van der Waals surface area contributed by atoms with Gasteiger partial charge in [0.25, 0.3) is 0 Å². The van der Waals surface area contributed by atoms with E-state index in [0.717, 1.165) is 12.0 Å². The lowest BCUT2D eigenvalue weighted by molar-refractivity contribution is 0.628. The minimum atomic E-state index is -0.375. The number of benzene rings is 2. The molecule has 2 N–H and O–H groups in total. The quantitative estimate of drug-likeness (QED) is 0.763. The highest BCUT2D eigenvalue weighted by Gasteiger charge is 2.10. The minimum Gasteiger partial charge on any atom is -0.397 e. The molecule has 0 aliphatic heterocycles. The molecule has 0 heterocycles. The van der Waals surface area contributed by atoms with Crippen molar-refractivity contribution in [3.63, 3.8) is 0 Å². The van der Waals surface area contributed by atoms with Gasteiger partial charge in [0.2, 0.25) is 0 Å². The van der Waals surface area contributed by atoms with Crippen LogP contribution in [-0.2, 0) is 0 Å². The first kappa shape index (κ1) is 13.9. The van der Waals surface area contributed by atoms with Crippen molar-refractivity contribution in [1.29, 1.82) is 0 Å². The van der Waals surface area contributed by atoms with Gasteiger partial charge < -0.3 is 5.73 Å². The van der Waals surface area contributed by atoms with Crippen LogP contribution in [0, 0.1) is 5.82 Å². The van der Waals surface area contributed by atoms with Crippen molar-refractivity contribution in [3.8, 4) is 11.1 Å². The van der Waals surface area contributed by atoms with Gasteiger partial charge in [-0.3, -0.25) is 0 Å². The highest BCUT2D eigenvalue weighted by molar-refractivity contribution is 6.33. The predicted molar refractivity (Wildman–Crippen MR) is 80.0 cm³/mol. The Morgan fingerprint density at radius 3 is 2.42 bits per heavy atom. The van der Waals surface area contributed by atoms with E-state index in [1.54, 1.807) is 0 Å². The molecule has 0 saturated heterocycles. The third-order valence-electron chi connectivity index (χ3n) is 3.50. The van der Waals surface area contributed by atoms with E-state index in [1.807, 2.05) is 12.1 Å². The van der Waals surface area contributed by atoms with Gasteiger partial charge in [0.15, 0.2) is 0 Å². The smallest absolute Gasteiger partial charge is 0.125 e. The van der Waals surface area contributed by atoms with Crippen molar-refractivity contribution in [2.75, 3.05) is 5.73 Å². The number of hydrogen-bond acceptors (Lipinski definition) is 1. The summed E-state index contributed by atoms with van der Waals surface area (Å²) in [5.74, 6) is 0.141. The van der Waals surface area contributed by atoms with Crippen LogP contribution in [0.15, 0.2) is 36.4 Å². The van der Waals surface area contributed by atoms with E-state index in [2.05, 4.69) is 26.0 Å². The van der Waals surface area contributed by atoms with E-state index in [0.29, 0.717) is 17.2 Å². The Hall–Kier alpha value is -1.54. The van der Waals surface area contributed by atoms with Crippen LogP contribution in [0.3, 0.4) is 0 Å². The summed E-state index contributed by atoms with van der Waals surface area (Å²) in [6.45, 7) is 4.34. The molecule has 2 aromatic carbocycles. The summed E-state index contributed by atoms with van der Waals surface area (Å²) >= 11 is 5.91. The Morgan fingerprint density at radius 1 is 1.21 bits per heavy atom. The van der Waals surface area contributed by atoms with E-state index in [9.17, 15) is 4.39 Å². The SMILES string of the molecule is CCC(C)c1ccc(-c2cc(F)cc(Cl)c2N)cc1. The van der Waals surface area contributed by atoms with Gasteiger partial charge >= 0.3 is 0 Å². The molecule has 1 unspecified atom stereocenters. The third-order valence-corrected chi connectivity index (χ3v) is 3.81. The lowest BCUT2D eigenvalue weighted by Gasteiger charge is -2.12. The fourth-order valence-electron chi connectivity index (χ4n) is 2.05. The fraction of sp³-hybridized carbons (Fsp3) is 0.250. The molecular formula is C16H17ClFN. The van der Waals surface area contributed by atoms with Crippen LogP contribution >= 0.6 is 11.6 Å². The minimum absolute atomic E-state index is 0.251. The fourth-order valence-corrected chi connectivity index (χ4v) is 2.26. The molecule has 2 aromatic rings. The maximum Gasteiger partial charge on any atom is 0.125 e. The molecule has 0 aliphatic carbocycles. The van der Waals surface area contributed by atoms with Crippen molar-refractivity contribution in [2.24, 2.45) is 0 Å². The molecule has 2 rings (SSSR count). The molecular weight excluding hydrogens is 261 g/mol. The number of nitrogen functional groups attached to an aromatic ring is 1. The topological polar surface area (TPSA) is 26.0 Å². The molecule has 100 valence electrons. The van der Waals surface area contributed by atoms with Crippen LogP contribution in [0.2, 0.25) is 5.02 Å². The highest BCUT2D eigenvalue weighted by atomic mass is 35.5. The zero-order valence-electron chi connectivity index (χ0n) is 11.1. The molecule has 0 amide bonds. The van der Waals surface area contributed by atoms with Crippen LogP contribution in [-0.4, -0.2) is 0 Å². The van der Waals surface area contributed by atoms with Crippen molar-refractivity contribution >= 4 is 17.3 Å². The second kappa shape index (κ2) is 5.62. The molecule has 19 heavy (non-hydrogen) atoms. The van der Waals surface area contributed by atoms with Gasteiger partial charge in [-0.05, 0) is 35.6 Å². The van der Waals surface area contributed by atoms with Gasteiger partial charge in [0.05, 0.1) is 10.7 Å². The average molecular weight is 278 g/mol. The molecule has 1 nitrogen and oxygen atoms in total.